The lowest BCUT2D eigenvalue weighted by Crippen LogP contribution is -2.20. The first-order valence-corrected chi connectivity index (χ1v) is 5.17. The van der Waals surface area contributed by atoms with E-state index in [4.69, 9.17) is 5.11 Å². The van der Waals surface area contributed by atoms with Crippen LogP contribution in [-0.4, -0.2) is 22.4 Å². The van der Waals surface area contributed by atoms with Gasteiger partial charge in [-0.05, 0) is 28.7 Å². The molecule has 0 radical (unpaired) electrons. The van der Waals surface area contributed by atoms with Crippen molar-refractivity contribution in [3.8, 4) is 5.88 Å². The zero-order chi connectivity index (χ0) is 14.1. The van der Waals surface area contributed by atoms with Crippen LogP contribution in [0.5, 0.6) is 5.88 Å². The number of nitrogens with zero attached hydrogens (tertiary/aromatic N) is 1. The van der Waals surface area contributed by atoms with Crippen LogP contribution >= 0.6 is 22.6 Å². The molecule has 0 atom stereocenters. The number of ether oxygens (including phenoxy) is 1. The van der Waals surface area contributed by atoms with Crippen LogP contribution in [0, 0.1) is 3.57 Å². The third-order valence-corrected chi connectivity index (χ3v) is 2.66. The lowest BCUT2D eigenvalue weighted by molar-refractivity contribution is -0.276. The summed E-state index contributed by atoms with van der Waals surface area (Å²) in [7, 11) is 0. The second-order valence-electron chi connectivity index (χ2n) is 2.87. The van der Waals surface area contributed by atoms with Gasteiger partial charge in [0, 0.05) is 0 Å². The molecule has 0 saturated heterocycles. The summed E-state index contributed by atoms with van der Waals surface area (Å²) in [6.45, 7) is 0. The lowest BCUT2D eigenvalue weighted by Gasteiger charge is -2.12. The average Bonchev–Trinajstić information content (AvgIpc) is 2.18. The largest absolute Gasteiger partial charge is 0.574 e. The normalized spacial score (nSPS) is 11.7. The Bertz CT molecular complexity index is 477. The molecular weight excluding hydrogens is 380 g/mol. The van der Waals surface area contributed by atoms with Gasteiger partial charge >= 0.3 is 12.3 Å². The van der Waals surface area contributed by atoms with Gasteiger partial charge in [0.15, 0.2) is 0 Å². The minimum atomic E-state index is -5.15. The molecule has 1 rings (SSSR count). The Morgan fingerprint density at radius 1 is 1.44 bits per heavy atom. The molecule has 100 valence electrons. The van der Waals surface area contributed by atoms with Crippen LogP contribution in [0.2, 0.25) is 0 Å². The van der Waals surface area contributed by atoms with Crippen molar-refractivity contribution < 1.29 is 36.6 Å². The fourth-order valence-corrected chi connectivity index (χ4v) is 1.59. The fourth-order valence-electron chi connectivity index (χ4n) is 0.970. The van der Waals surface area contributed by atoms with Crippen LogP contribution in [0.15, 0.2) is 6.07 Å². The van der Waals surface area contributed by atoms with Crippen LogP contribution in [0.1, 0.15) is 22.5 Å². The monoisotopic (exact) mass is 383 g/mol. The second kappa shape index (κ2) is 5.20. The number of aromatic carboxylic acids is 1. The molecule has 1 aromatic rings. The minimum Gasteiger partial charge on any atom is -0.478 e. The number of carbonyl (C=O) groups is 1. The number of carboxylic acids is 1. The molecule has 0 bridgehead atoms. The summed E-state index contributed by atoms with van der Waals surface area (Å²) in [6, 6.07) is 0.498. The number of rotatable bonds is 3. The second-order valence-corrected chi connectivity index (χ2v) is 3.95. The molecule has 10 heteroatoms. The van der Waals surface area contributed by atoms with Gasteiger partial charge in [-0.1, -0.05) is 0 Å². The van der Waals surface area contributed by atoms with Gasteiger partial charge in [-0.25, -0.2) is 18.6 Å². The van der Waals surface area contributed by atoms with E-state index in [-0.39, 0.29) is 0 Å². The highest BCUT2D eigenvalue weighted by molar-refractivity contribution is 14.1. The van der Waals surface area contributed by atoms with Crippen molar-refractivity contribution >= 4 is 28.6 Å². The van der Waals surface area contributed by atoms with Gasteiger partial charge < -0.3 is 9.84 Å². The molecule has 0 aliphatic carbocycles. The number of alkyl halides is 5. The maximum Gasteiger partial charge on any atom is 0.574 e. The molecular formula is C8H3F5INO3. The predicted octanol–water partition coefficient (Wildman–Crippen LogP) is 3.22. The molecule has 1 heterocycles. The van der Waals surface area contributed by atoms with Crippen LogP contribution in [0.4, 0.5) is 22.0 Å². The quantitative estimate of drug-likeness (QED) is 0.644. The van der Waals surface area contributed by atoms with Crippen molar-refractivity contribution in [2.24, 2.45) is 0 Å². The molecule has 4 nitrogen and oxygen atoms in total. The SMILES string of the molecule is O=C(O)c1cc(C(F)F)nc(OC(F)(F)F)c1I. The Balaban J connectivity index is 3.36. The van der Waals surface area contributed by atoms with E-state index in [9.17, 15) is 26.7 Å². The van der Waals surface area contributed by atoms with Gasteiger partial charge in [0.2, 0.25) is 5.88 Å². The molecule has 0 unspecified atom stereocenters. The number of pyridine rings is 1. The van der Waals surface area contributed by atoms with E-state index in [1.54, 1.807) is 0 Å². The summed E-state index contributed by atoms with van der Waals surface area (Å²) < 4.78 is 63.6. The molecule has 18 heavy (non-hydrogen) atoms. The number of hydrogen-bond acceptors (Lipinski definition) is 3. The number of halogens is 6. The van der Waals surface area contributed by atoms with Crippen LogP contribution in [0.25, 0.3) is 0 Å². The fraction of sp³-hybridized carbons (Fsp3) is 0.250. The average molecular weight is 383 g/mol. The third-order valence-electron chi connectivity index (χ3n) is 1.61. The third kappa shape index (κ3) is 3.65. The maximum atomic E-state index is 12.4. The van der Waals surface area contributed by atoms with Gasteiger partial charge in [0.25, 0.3) is 6.43 Å². The molecule has 1 aromatic heterocycles. The first-order valence-electron chi connectivity index (χ1n) is 4.09. The highest BCUT2D eigenvalue weighted by Gasteiger charge is 2.34. The van der Waals surface area contributed by atoms with Gasteiger partial charge in [0.05, 0.1) is 9.13 Å². The smallest absolute Gasteiger partial charge is 0.478 e. The van der Waals surface area contributed by atoms with E-state index >= 15 is 0 Å². The van der Waals surface area contributed by atoms with Crippen LogP contribution < -0.4 is 4.74 Å². The Morgan fingerprint density at radius 3 is 2.39 bits per heavy atom. The predicted molar refractivity (Wildman–Crippen MR) is 55.6 cm³/mol. The number of hydrogen-bond donors (Lipinski definition) is 1. The molecule has 0 spiro atoms. The van der Waals surface area contributed by atoms with Crippen molar-refractivity contribution in [3.05, 3.63) is 20.9 Å². The highest BCUT2D eigenvalue weighted by Crippen LogP contribution is 2.31. The van der Waals surface area contributed by atoms with E-state index in [1.165, 1.54) is 22.6 Å². The molecule has 0 saturated carbocycles. The van der Waals surface area contributed by atoms with E-state index in [2.05, 4.69) is 9.72 Å². The van der Waals surface area contributed by atoms with Crippen molar-refractivity contribution in [2.45, 2.75) is 12.8 Å². The van der Waals surface area contributed by atoms with Crippen molar-refractivity contribution in [3.63, 3.8) is 0 Å². The molecule has 0 fully saturated rings. The van der Waals surface area contributed by atoms with Gasteiger partial charge in [0.1, 0.15) is 5.69 Å². The first kappa shape index (κ1) is 14.9. The summed E-state index contributed by atoms with van der Waals surface area (Å²) in [5.41, 5.74) is -1.84. The molecule has 1 N–H and O–H groups in total. The Hall–Kier alpha value is -1.20. The molecule has 0 amide bonds. The lowest BCUT2D eigenvalue weighted by atomic mass is 10.2. The zero-order valence-corrected chi connectivity index (χ0v) is 10.3. The summed E-state index contributed by atoms with van der Waals surface area (Å²) in [4.78, 5) is 13.6. The standard InChI is InChI=1S/C8H3F5INO3/c9-5(10)3-1-2(7(16)17)4(14)6(15-3)18-8(11,12)13/h1,5H,(H,16,17). The Kier molecular flexibility index (Phi) is 4.29. The number of carboxylic acid groups (broad SMARTS) is 1. The van der Waals surface area contributed by atoms with Gasteiger partial charge in [-0.3, -0.25) is 0 Å². The first-order chi connectivity index (χ1) is 8.11. The Morgan fingerprint density at radius 2 is 2.00 bits per heavy atom. The highest BCUT2D eigenvalue weighted by atomic mass is 127. The van der Waals surface area contributed by atoms with Gasteiger partial charge in [-0.2, -0.15) is 0 Å². The molecule has 0 aliphatic rings. The van der Waals surface area contributed by atoms with Gasteiger partial charge in [-0.15, -0.1) is 13.2 Å². The van der Waals surface area contributed by atoms with E-state index in [0.717, 1.165) is 0 Å². The Labute approximate surface area is 110 Å². The summed E-state index contributed by atoms with van der Waals surface area (Å²) in [5, 5.41) is 8.68. The van der Waals surface area contributed by atoms with Crippen LogP contribution in [-0.2, 0) is 0 Å². The van der Waals surface area contributed by atoms with Crippen molar-refractivity contribution in [2.75, 3.05) is 0 Å². The van der Waals surface area contributed by atoms with Crippen molar-refractivity contribution in [1.29, 1.82) is 0 Å². The summed E-state index contributed by atoms with van der Waals surface area (Å²) >= 11 is 1.22. The molecule has 0 aromatic carbocycles. The maximum absolute atomic E-state index is 12.4. The summed E-state index contributed by atoms with van der Waals surface area (Å²) in [6.07, 6.45) is -8.36. The minimum absolute atomic E-state index is 0.498. The summed E-state index contributed by atoms with van der Waals surface area (Å²) in [5.74, 6) is -2.87. The molecule has 0 aliphatic heterocycles. The number of aromatic nitrogens is 1. The van der Waals surface area contributed by atoms with E-state index in [0.29, 0.717) is 6.07 Å². The topological polar surface area (TPSA) is 59.4 Å². The zero-order valence-electron chi connectivity index (χ0n) is 8.13. The van der Waals surface area contributed by atoms with E-state index in [1.807, 2.05) is 0 Å². The van der Waals surface area contributed by atoms with Crippen LogP contribution in [0.3, 0.4) is 0 Å². The van der Waals surface area contributed by atoms with Crippen molar-refractivity contribution in [1.82, 2.24) is 4.98 Å². The van der Waals surface area contributed by atoms with E-state index < -0.39 is 39.5 Å².